The van der Waals surface area contributed by atoms with E-state index >= 15 is 0 Å². The first-order valence-electron chi connectivity index (χ1n) is 7.59. The fourth-order valence-electron chi connectivity index (χ4n) is 4.98. The third-order valence-electron chi connectivity index (χ3n) is 5.65. The summed E-state index contributed by atoms with van der Waals surface area (Å²) >= 11 is 0. The first-order chi connectivity index (χ1) is 9.17. The van der Waals surface area contributed by atoms with E-state index in [1.54, 1.807) is 5.56 Å². The Hall–Kier alpha value is -1.31. The normalized spacial score (nSPS) is 34.0. The summed E-state index contributed by atoms with van der Waals surface area (Å²) in [5.41, 5.74) is 4.68. The van der Waals surface area contributed by atoms with E-state index in [0.717, 1.165) is 11.8 Å². The first kappa shape index (κ1) is 11.5. The van der Waals surface area contributed by atoms with E-state index in [9.17, 15) is 0 Å². The number of hydrogen-bond donors (Lipinski definition) is 0. The van der Waals surface area contributed by atoms with Crippen molar-refractivity contribution < 1.29 is 0 Å². The second kappa shape index (κ2) is 3.84. The summed E-state index contributed by atoms with van der Waals surface area (Å²) in [6.45, 7) is 4.75. The van der Waals surface area contributed by atoms with Gasteiger partial charge in [0.25, 0.3) is 0 Å². The van der Waals surface area contributed by atoms with Gasteiger partial charge in [0.15, 0.2) is 0 Å². The van der Waals surface area contributed by atoms with Crippen molar-refractivity contribution in [1.82, 2.24) is 9.38 Å². The molecule has 0 amide bonds. The summed E-state index contributed by atoms with van der Waals surface area (Å²) in [6, 6.07) is 2.25. The maximum Gasteiger partial charge on any atom is 0.0992 e. The summed E-state index contributed by atoms with van der Waals surface area (Å²) in [7, 11) is 0. The molecule has 0 bridgehead atoms. The maximum atomic E-state index is 4.34. The van der Waals surface area contributed by atoms with Crippen molar-refractivity contribution in [1.29, 1.82) is 0 Å². The molecule has 2 aliphatic carbocycles. The van der Waals surface area contributed by atoms with Crippen LogP contribution in [-0.4, -0.2) is 9.38 Å². The van der Waals surface area contributed by atoms with E-state index in [4.69, 9.17) is 0 Å². The predicted molar refractivity (Wildman–Crippen MR) is 77.3 cm³/mol. The third-order valence-corrected chi connectivity index (χ3v) is 5.65. The third kappa shape index (κ3) is 1.58. The molecule has 100 valence electrons. The zero-order valence-corrected chi connectivity index (χ0v) is 11.9. The van der Waals surface area contributed by atoms with Gasteiger partial charge in [0.1, 0.15) is 0 Å². The Morgan fingerprint density at radius 2 is 2.00 bits per heavy atom. The molecule has 0 radical (unpaired) electrons. The Morgan fingerprint density at radius 1 is 1.26 bits per heavy atom. The fraction of sp³-hybridized carbons (Fsp3) is 0.588. The van der Waals surface area contributed by atoms with Crippen LogP contribution in [0, 0.1) is 18.8 Å². The Kier molecular flexibility index (Phi) is 2.33. The molecule has 0 spiro atoms. The average molecular weight is 254 g/mol. The van der Waals surface area contributed by atoms with Crippen LogP contribution < -0.4 is 0 Å². The van der Waals surface area contributed by atoms with Crippen molar-refractivity contribution in [2.75, 3.05) is 0 Å². The standard InChI is InChI=1S/C17H22N2/c1-12-6-7-19-11-18-10-15(19)16(12)17(2)8-13-4-3-5-14(13)9-17/h6-7,10-11,13-14H,3-5,8-9H2,1-2H3. The quantitative estimate of drug-likeness (QED) is 0.748. The number of aromatic nitrogens is 2. The topological polar surface area (TPSA) is 17.3 Å². The summed E-state index contributed by atoms with van der Waals surface area (Å²) in [4.78, 5) is 4.34. The summed E-state index contributed by atoms with van der Waals surface area (Å²) in [5.74, 6) is 1.96. The first-order valence-corrected chi connectivity index (χ1v) is 7.59. The molecule has 4 rings (SSSR count). The lowest BCUT2D eigenvalue weighted by Gasteiger charge is -2.28. The minimum Gasteiger partial charge on any atom is -0.306 e. The Balaban J connectivity index is 1.86. The highest BCUT2D eigenvalue weighted by Crippen LogP contribution is 2.54. The van der Waals surface area contributed by atoms with Gasteiger partial charge in [-0.05, 0) is 54.2 Å². The Morgan fingerprint density at radius 3 is 2.74 bits per heavy atom. The van der Waals surface area contributed by atoms with Crippen LogP contribution in [0.25, 0.3) is 5.52 Å². The molecular weight excluding hydrogens is 232 g/mol. The zero-order valence-electron chi connectivity index (χ0n) is 11.9. The van der Waals surface area contributed by atoms with Crippen LogP contribution in [0.5, 0.6) is 0 Å². The summed E-state index contributed by atoms with van der Waals surface area (Å²) in [5, 5.41) is 0. The number of pyridine rings is 1. The SMILES string of the molecule is Cc1ccn2cncc2c1C1(C)CC2CCCC2C1. The molecule has 0 saturated heterocycles. The van der Waals surface area contributed by atoms with Crippen molar-refractivity contribution in [2.24, 2.45) is 11.8 Å². The van der Waals surface area contributed by atoms with Crippen LogP contribution in [0.3, 0.4) is 0 Å². The largest absolute Gasteiger partial charge is 0.306 e. The molecular formula is C17H22N2. The molecule has 2 aromatic rings. The van der Waals surface area contributed by atoms with Gasteiger partial charge >= 0.3 is 0 Å². The van der Waals surface area contributed by atoms with Gasteiger partial charge in [-0.2, -0.15) is 0 Å². The molecule has 2 aliphatic rings. The van der Waals surface area contributed by atoms with E-state index in [1.807, 2.05) is 12.5 Å². The Labute approximate surface area is 114 Å². The number of aryl methyl sites for hydroxylation is 1. The summed E-state index contributed by atoms with van der Waals surface area (Å²) in [6.07, 6.45) is 13.2. The van der Waals surface area contributed by atoms with E-state index in [-0.39, 0.29) is 0 Å². The average Bonchev–Trinajstić information content (AvgIpc) is 3.02. The van der Waals surface area contributed by atoms with E-state index in [0.29, 0.717) is 5.41 Å². The van der Waals surface area contributed by atoms with Crippen molar-refractivity contribution >= 4 is 5.52 Å². The number of imidazole rings is 1. The van der Waals surface area contributed by atoms with Crippen LogP contribution in [0.4, 0.5) is 0 Å². The second-order valence-corrected chi connectivity index (χ2v) is 6.98. The lowest BCUT2D eigenvalue weighted by atomic mass is 9.77. The molecule has 0 aromatic carbocycles. The van der Waals surface area contributed by atoms with Crippen LogP contribution in [0.15, 0.2) is 24.8 Å². The predicted octanol–water partition coefficient (Wildman–Crippen LogP) is 4.11. The molecule has 2 unspecified atom stereocenters. The van der Waals surface area contributed by atoms with Crippen molar-refractivity contribution in [3.8, 4) is 0 Å². The van der Waals surface area contributed by atoms with E-state index in [2.05, 4.69) is 35.5 Å². The molecule has 0 aliphatic heterocycles. The number of fused-ring (bicyclic) bond motifs is 2. The van der Waals surface area contributed by atoms with Gasteiger partial charge in [-0.15, -0.1) is 0 Å². The van der Waals surface area contributed by atoms with Crippen molar-refractivity contribution in [3.63, 3.8) is 0 Å². The molecule has 2 aromatic heterocycles. The highest BCUT2D eigenvalue weighted by atomic mass is 15.0. The van der Waals surface area contributed by atoms with Crippen molar-refractivity contribution in [3.05, 3.63) is 35.9 Å². The molecule has 2 nitrogen and oxygen atoms in total. The molecule has 2 atom stereocenters. The van der Waals surface area contributed by atoms with Crippen LogP contribution >= 0.6 is 0 Å². The maximum absolute atomic E-state index is 4.34. The number of hydrogen-bond acceptors (Lipinski definition) is 1. The molecule has 2 heteroatoms. The molecule has 2 heterocycles. The van der Waals surface area contributed by atoms with Gasteiger partial charge in [0.2, 0.25) is 0 Å². The lowest BCUT2D eigenvalue weighted by molar-refractivity contribution is 0.440. The number of nitrogens with zero attached hydrogens (tertiary/aromatic N) is 2. The van der Waals surface area contributed by atoms with E-state index in [1.165, 1.54) is 43.2 Å². The van der Waals surface area contributed by atoms with E-state index < -0.39 is 0 Å². The van der Waals surface area contributed by atoms with Crippen LogP contribution in [-0.2, 0) is 5.41 Å². The fourth-order valence-corrected chi connectivity index (χ4v) is 4.98. The van der Waals surface area contributed by atoms with Gasteiger partial charge in [-0.3, -0.25) is 0 Å². The van der Waals surface area contributed by atoms with Crippen molar-refractivity contribution in [2.45, 2.75) is 51.4 Å². The minimum absolute atomic E-state index is 0.363. The molecule has 0 N–H and O–H groups in total. The second-order valence-electron chi connectivity index (χ2n) is 6.98. The monoisotopic (exact) mass is 254 g/mol. The molecule has 19 heavy (non-hydrogen) atoms. The lowest BCUT2D eigenvalue weighted by Crippen LogP contribution is -2.21. The van der Waals surface area contributed by atoms with Gasteiger partial charge in [0.05, 0.1) is 18.0 Å². The van der Waals surface area contributed by atoms with Gasteiger partial charge in [-0.25, -0.2) is 4.98 Å². The highest BCUT2D eigenvalue weighted by molar-refractivity contribution is 5.60. The zero-order chi connectivity index (χ0) is 13.0. The number of rotatable bonds is 1. The minimum atomic E-state index is 0.363. The van der Waals surface area contributed by atoms with Gasteiger partial charge in [0, 0.05) is 6.20 Å². The van der Waals surface area contributed by atoms with Crippen LogP contribution in [0.1, 0.15) is 50.2 Å². The van der Waals surface area contributed by atoms with Crippen LogP contribution in [0.2, 0.25) is 0 Å². The molecule has 2 saturated carbocycles. The highest BCUT2D eigenvalue weighted by Gasteiger charge is 2.46. The van der Waals surface area contributed by atoms with Gasteiger partial charge in [-0.1, -0.05) is 26.2 Å². The molecule has 2 fully saturated rings. The summed E-state index contributed by atoms with van der Waals surface area (Å²) < 4.78 is 2.18. The van der Waals surface area contributed by atoms with Gasteiger partial charge < -0.3 is 4.40 Å². The smallest absolute Gasteiger partial charge is 0.0992 e. The Bertz CT molecular complexity index is 613.